The van der Waals surface area contributed by atoms with Crippen molar-refractivity contribution in [2.75, 3.05) is 5.73 Å². The number of aryl methyl sites for hydroxylation is 1. The van der Waals surface area contributed by atoms with Crippen LogP contribution in [0.15, 0.2) is 24.3 Å². The summed E-state index contributed by atoms with van der Waals surface area (Å²) in [5.41, 5.74) is 8.11. The van der Waals surface area contributed by atoms with Crippen LogP contribution in [0.1, 0.15) is 5.69 Å². The van der Waals surface area contributed by atoms with Gasteiger partial charge in [0.1, 0.15) is 0 Å². The molecule has 0 saturated heterocycles. The number of nitrogens with two attached hydrogens (primary N) is 1. The minimum absolute atomic E-state index is 0.670. The van der Waals surface area contributed by atoms with Crippen LogP contribution in [0.3, 0.4) is 0 Å². The van der Waals surface area contributed by atoms with Gasteiger partial charge in [0.15, 0.2) is 0 Å². The Morgan fingerprint density at radius 1 is 1.38 bits per heavy atom. The summed E-state index contributed by atoms with van der Waals surface area (Å²) < 4.78 is 0. The minimum atomic E-state index is 0.670. The van der Waals surface area contributed by atoms with Crippen molar-refractivity contribution < 1.29 is 0 Å². The van der Waals surface area contributed by atoms with Gasteiger partial charge in [-0.05, 0) is 19.1 Å². The number of nitrogens with zero attached hydrogens (tertiary/aromatic N) is 1. The molecule has 0 unspecified atom stereocenters. The number of halogens is 1. The van der Waals surface area contributed by atoms with Crippen molar-refractivity contribution in [2.45, 2.75) is 6.92 Å². The van der Waals surface area contributed by atoms with Crippen molar-refractivity contribution in [1.29, 1.82) is 0 Å². The molecule has 0 aliphatic heterocycles. The van der Waals surface area contributed by atoms with Gasteiger partial charge in [0.25, 0.3) is 0 Å². The summed E-state index contributed by atoms with van der Waals surface area (Å²) >= 11 is 6.04. The van der Waals surface area contributed by atoms with Crippen LogP contribution in [0, 0.1) is 6.92 Å². The molecule has 66 valence electrons. The van der Waals surface area contributed by atoms with Gasteiger partial charge >= 0.3 is 0 Å². The first-order valence-electron chi connectivity index (χ1n) is 4.00. The topological polar surface area (TPSA) is 38.9 Å². The fourth-order valence-corrected chi connectivity index (χ4v) is 1.66. The van der Waals surface area contributed by atoms with E-state index >= 15 is 0 Å². The lowest BCUT2D eigenvalue weighted by molar-refractivity contribution is 1.26. The Morgan fingerprint density at radius 3 is 2.92 bits per heavy atom. The number of hydrogen-bond donors (Lipinski definition) is 1. The number of hydrogen-bond acceptors (Lipinski definition) is 2. The summed E-state index contributed by atoms with van der Waals surface area (Å²) in [5, 5.41) is 1.61. The normalized spacial score (nSPS) is 10.6. The second kappa shape index (κ2) is 2.89. The summed E-state index contributed by atoms with van der Waals surface area (Å²) in [6, 6.07) is 7.45. The molecule has 0 aliphatic rings. The second-order valence-electron chi connectivity index (χ2n) is 2.99. The van der Waals surface area contributed by atoms with Crippen LogP contribution in [0.25, 0.3) is 10.9 Å². The highest BCUT2D eigenvalue weighted by atomic mass is 35.5. The molecule has 2 N–H and O–H groups in total. The third-order valence-electron chi connectivity index (χ3n) is 1.95. The average Bonchev–Trinajstić information content (AvgIpc) is 2.07. The van der Waals surface area contributed by atoms with Crippen LogP contribution >= 0.6 is 11.6 Å². The molecule has 0 fully saturated rings. The zero-order chi connectivity index (χ0) is 9.42. The zero-order valence-electron chi connectivity index (χ0n) is 7.21. The summed E-state index contributed by atoms with van der Waals surface area (Å²) in [5.74, 6) is 0. The largest absolute Gasteiger partial charge is 0.397 e. The molecule has 0 saturated carbocycles. The van der Waals surface area contributed by atoms with Gasteiger partial charge in [0, 0.05) is 11.1 Å². The summed E-state index contributed by atoms with van der Waals surface area (Å²) in [6.45, 7) is 1.90. The smallest absolute Gasteiger partial charge is 0.0949 e. The molecule has 1 aromatic carbocycles. The number of anilines is 1. The molecule has 3 heteroatoms. The lowest BCUT2D eigenvalue weighted by Crippen LogP contribution is -1.91. The Balaban J connectivity index is 2.94. The molecule has 0 atom stereocenters. The molecular formula is C10H9ClN2. The molecule has 2 aromatic rings. The maximum Gasteiger partial charge on any atom is 0.0949 e. The van der Waals surface area contributed by atoms with E-state index in [0.717, 1.165) is 16.6 Å². The van der Waals surface area contributed by atoms with E-state index in [4.69, 9.17) is 17.3 Å². The van der Waals surface area contributed by atoms with Gasteiger partial charge in [-0.15, -0.1) is 0 Å². The second-order valence-corrected chi connectivity index (χ2v) is 3.40. The molecule has 1 aromatic heterocycles. The van der Waals surface area contributed by atoms with E-state index in [1.807, 2.05) is 31.2 Å². The number of para-hydroxylation sites is 1. The van der Waals surface area contributed by atoms with Crippen molar-refractivity contribution in [1.82, 2.24) is 4.98 Å². The fourth-order valence-electron chi connectivity index (χ4n) is 1.35. The number of pyridine rings is 1. The van der Waals surface area contributed by atoms with Gasteiger partial charge in [0.05, 0.1) is 16.2 Å². The van der Waals surface area contributed by atoms with Crippen LogP contribution < -0.4 is 5.73 Å². The number of nitrogen functional groups attached to an aromatic ring is 1. The van der Waals surface area contributed by atoms with Gasteiger partial charge < -0.3 is 5.73 Å². The summed E-state index contributed by atoms with van der Waals surface area (Å²) in [6.07, 6.45) is 0. The van der Waals surface area contributed by atoms with Gasteiger partial charge in [-0.3, -0.25) is 4.98 Å². The highest BCUT2D eigenvalue weighted by Crippen LogP contribution is 2.26. The number of rotatable bonds is 0. The predicted octanol–water partition coefficient (Wildman–Crippen LogP) is 2.78. The van der Waals surface area contributed by atoms with Gasteiger partial charge in [-0.1, -0.05) is 23.7 Å². The molecule has 0 spiro atoms. The maximum atomic E-state index is 6.04. The van der Waals surface area contributed by atoms with Crippen molar-refractivity contribution in [3.63, 3.8) is 0 Å². The van der Waals surface area contributed by atoms with Crippen molar-refractivity contribution in [3.05, 3.63) is 35.0 Å². The highest BCUT2D eigenvalue weighted by molar-refractivity contribution is 6.35. The van der Waals surface area contributed by atoms with Crippen molar-refractivity contribution in [3.8, 4) is 0 Å². The molecular weight excluding hydrogens is 184 g/mol. The monoisotopic (exact) mass is 192 g/mol. The van der Waals surface area contributed by atoms with Crippen LogP contribution in [0.4, 0.5) is 5.69 Å². The Kier molecular flexibility index (Phi) is 1.85. The van der Waals surface area contributed by atoms with E-state index in [2.05, 4.69) is 4.98 Å². The Labute approximate surface area is 81.3 Å². The third kappa shape index (κ3) is 1.33. The van der Waals surface area contributed by atoms with E-state index in [1.165, 1.54) is 0 Å². The SMILES string of the molecule is Cc1cc(Cl)c2cccc(N)c2n1. The van der Waals surface area contributed by atoms with Gasteiger partial charge in [-0.25, -0.2) is 0 Å². The Morgan fingerprint density at radius 2 is 2.15 bits per heavy atom. The summed E-state index contributed by atoms with van der Waals surface area (Å²) in [7, 11) is 0. The molecule has 0 aliphatic carbocycles. The third-order valence-corrected chi connectivity index (χ3v) is 2.26. The number of benzene rings is 1. The molecule has 0 amide bonds. The van der Waals surface area contributed by atoms with E-state index in [0.29, 0.717) is 10.7 Å². The molecule has 13 heavy (non-hydrogen) atoms. The number of fused-ring (bicyclic) bond motifs is 1. The Hall–Kier alpha value is -1.28. The fraction of sp³-hybridized carbons (Fsp3) is 0.100. The molecule has 1 heterocycles. The molecule has 2 nitrogen and oxygen atoms in total. The van der Waals surface area contributed by atoms with Crippen molar-refractivity contribution >= 4 is 28.2 Å². The van der Waals surface area contributed by atoms with Crippen LogP contribution in [-0.4, -0.2) is 4.98 Å². The van der Waals surface area contributed by atoms with E-state index in [-0.39, 0.29) is 0 Å². The predicted molar refractivity (Wildman–Crippen MR) is 55.9 cm³/mol. The van der Waals surface area contributed by atoms with Gasteiger partial charge in [0.2, 0.25) is 0 Å². The van der Waals surface area contributed by atoms with Crippen LogP contribution in [0.5, 0.6) is 0 Å². The van der Waals surface area contributed by atoms with Crippen LogP contribution in [-0.2, 0) is 0 Å². The molecule has 0 bridgehead atoms. The maximum absolute atomic E-state index is 6.04. The molecule has 0 radical (unpaired) electrons. The first kappa shape index (κ1) is 8.32. The van der Waals surface area contributed by atoms with Crippen molar-refractivity contribution in [2.24, 2.45) is 0 Å². The van der Waals surface area contributed by atoms with E-state index < -0.39 is 0 Å². The van der Waals surface area contributed by atoms with E-state index in [1.54, 1.807) is 0 Å². The zero-order valence-corrected chi connectivity index (χ0v) is 7.97. The van der Waals surface area contributed by atoms with E-state index in [9.17, 15) is 0 Å². The first-order chi connectivity index (χ1) is 6.18. The minimum Gasteiger partial charge on any atom is -0.397 e. The lowest BCUT2D eigenvalue weighted by Gasteiger charge is -2.03. The average molecular weight is 193 g/mol. The Bertz CT molecular complexity index is 466. The summed E-state index contributed by atoms with van der Waals surface area (Å²) in [4.78, 5) is 4.33. The standard InChI is InChI=1S/C10H9ClN2/c1-6-5-8(11)7-3-2-4-9(12)10(7)13-6/h2-5H,12H2,1H3. The van der Waals surface area contributed by atoms with Gasteiger partial charge in [-0.2, -0.15) is 0 Å². The molecule has 2 rings (SSSR count). The quantitative estimate of drug-likeness (QED) is 0.652. The first-order valence-corrected chi connectivity index (χ1v) is 4.37. The highest BCUT2D eigenvalue weighted by Gasteiger charge is 2.03. The van der Waals surface area contributed by atoms with Crippen LogP contribution in [0.2, 0.25) is 5.02 Å². The number of aromatic nitrogens is 1. The lowest BCUT2D eigenvalue weighted by atomic mass is 10.2.